The molecule has 92 valence electrons. The second kappa shape index (κ2) is 5.53. The molecule has 0 radical (unpaired) electrons. The van der Waals surface area contributed by atoms with Gasteiger partial charge in [-0.3, -0.25) is 4.79 Å². The van der Waals surface area contributed by atoms with Gasteiger partial charge in [-0.25, -0.2) is 0 Å². The Bertz CT molecular complexity index is 394. The molecule has 0 heterocycles. The summed E-state index contributed by atoms with van der Waals surface area (Å²) in [6.45, 7) is 7.82. The summed E-state index contributed by atoms with van der Waals surface area (Å²) in [6, 6.07) is 7.18. The highest BCUT2D eigenvalue weighted by Crippen LogP contribution is 2.29. The summed E-state index contributed by atoms with van der Waals surface area (Å²) in [5, 5.41) is 9.31. The molecule has 1 N–H and O–H groups in total. The van der Waals surface area contributed by atoms with Crippen molar-refractivity contribution >= 4 is 5.97 Å². The molecule has 0 unspecified atom stereocenters. The third-order valence-electron chi connectivity index (χ3n) is 2.83. The Hall–Kier alpha value is -1.77. The van der Waals surface area contributed by atoms with Crippen LogP contribution in [-0.2, 0) is 10.2 Å². The van der Waals surface area contributed by atoms with Gasteiger partial charge in [-0.1, -0.05) is 18.2 Å². The number of carboxylic acids is 1. The van der Waals surface area contributed by atoms with Crippen LogP contribution in [0.5, 0.6) is 5.75 Å². The fraction of sp³-hybridized carbons (Fsp3) is 0.357. The zero-order valence-electron chi connectivity index (χ0n) is 10.3. The van der Waals surface area contributed by atoms with E-state index in [-0.39, 0.29) is 0 Å². The Labute approximate surface area is 102 Å². The Balaban J connectivity index is 3.03. The van der Waals surface area contributed by atoms with E-state index in [1.54, 1.807) is 37.3 Å². The first-order chi connectivity index (χ1) is 8.04. The van der Waals surface area contributed by atoms with Gasteiger partial charge < -0.3 is 9.84 Å². The molecule has 0 fully saturated rings. The molecular weight excluding hydrogens is 216 g/mol. The number of aliphatic carboxylic acids is 1. The van der Waals surface area contributed by atoms with E-state index in [4.69, 9.17) is 4.74 Å². The topological polar surface area (TPSA) is 46.5 Å². The summed E-state index contributed by atoms with van der Waals surface area (Å²) in [6.07, 6.45) is 2.03. The minimum Gasteiger partial charge on any atom is -0.494 e. The van der Waals surface area contributed by atoms with Crippen molar-refractivity contribution in [2.45, 2.75) is 25.7 Å². The second-order valence-electron chi connectivity index (χ2n) is 4.09. The lowest BCUT2D eigenvalue weighted by molar-refractivity contribution is -0.143. The highest BCUT2D eigenvalue weighted by molar-refractivity contribution is 5.81. The highest BCUT2D eigenvalue weighted by atomic mass is 16.5. The first-order valence-electron chi connectivity index (χ1n) is 5.62. The number of allylic oxidation sites excluding steroid dienone is 1. The molecule has 0 aliphatic heterocycles. The molecule has 1 atom stereocenters. The van der Waals surface area contributed by atoms with Crippen molar-refractivity contribution in [1.29, 1.82) is 0 Å². The summed E-state index contributed by atoms with van der Waals surface area (Å²) in [5.74, 6) is -0.0934. The number of hydrogen-bond donors (Lipinski definition) is 1. The van der Waals surface area contributed by atoms with Crippen LogP contribution in [0.25, 0.3) is 0 Å². The van der Waals surface area contributed by atoms with Crippen LogP contribution in [0.2, 0.25) is 0 Å². The highest BCUT2D eigenvalue weighted by Gasteiger charge is 2.33. The maximum atomic E-state index is 11.3. The van der Waals surface area contributed by atoms with Gasteiger partial charge in [0.2, 0.25) is 0 Å². The van der Waals surface area contributed by atoms with E-state index in [2.05, 4.69) is 6.58 Å². The zero-order chi connectivity index (χ0) is 12.9. The summed E-state index contributed by atoms with van der Waals surface area (Å²) in [7, 11) is 0. The summed E-state index contributed by atoms with van der Waals surface area (Å²) < 4.78 is 5.33. The molecule has 0 saturated heterocycles. The largest absolute Gasteiger partial charge is 0.494 e. The van der Waals surface area contributed by atoms with Crippen molar-refractivity contribution in [1.82, 2.24) is 0 Å². The standard InChI is InChI=1S/C14H18O3/c1-4-10-14(3,13(15)16)11-6-8-12(9-7-11)17-5-2/h4,6-9H,1,5,10H2,2-3H3,(H,15,16)/t14-/m1/s1. The molecule has 0 aliphatic carbocycles. The van der Waals surface area contributed by atoms with E-state index in [0.29, 0.717) is 13.0 Å². The Morgan fingerprint density at radius 2 is 2.06 bits per heavy atom. The van der Waals surface area contributed by atoms with E-state index in [1.807, 2.05) is 6.92 Å². The molecule has 0 amide bonds. The molecule has 1 aromatic rings. The molecule has 17 heavy (non-hydrogen) atoms. The van der Waals surface area contributed by atoms with Gasteiger partial charge in [-0.05, 0) is 38.0 Å². The monoisotopic (exact) mass is 234 g/mol. The van der Waals surface area contributed by atoms with Crippen molar-refractivity contribution in [3.05, 3.63) is 42.5 Å². The summed E-state index contributed by atoms with van der Waals surface area (Å²) in [4.78, 5) is 11.3. The normalized spacial score (nSPS) is 13.8. The molecule has 0 aliphatic rings. The van der Waals surface area contributed by atoms with Crippen LogP contribution in [0.1, 0.15) is 25.8 Å². The van der Waals surface area contributed by atoms with E-state index < -0.39 is 11.4 Å². The molecule has 1 rings (SSSR count). The number of carbonyl (C=O) groups is 1. The van der Waals surface area contributed by atoms with Crippen molar-refractivity contribution in [2.75, 3.05) is 6.61 Å². The Morgan fingerprint density at radius 1 is 1.47 bits per heavy atom. The van der Waals surface area contributed by atoms with E-state index in [0.717, 1.165) is 11.3 Å². The fourth-order valence-electron chi connectivity index (χ4n) is 1.70. The average molecular weight is 234 g/mol. The predicted molar refractivity (Wildman–Crippen MR) is 67.4 cm³/mol. The van der Waals surface area contributed by atoms with Gasteiger partial charge in [0.25, 0.3) is 0 Å². The number of hydrogen-bond acceptors (Lipinski definition) is 2. The van der Waals surface area contributed by atoms with Crippen LogP contribution in [0, 0.1) is 0 Å². The van der Waals surface area contributed by atoms with Crippen molar-refractivity contribution in [3.63, 3.8) is 0 Å². The van der Waals surface area contributed by atoms with Gasteiger partial charge in [-0.15, -0.1) is 6.58 Å². The third kappa shape index (κ3) is 2.87. The molecule has 3 nitrogen and oxygen atoms in total. The lowest BCUT2D eigenvalue weighted by Gasteiger charge is -2.24. The molecule has 0 bridgehead atoms. The van der Waals surface area contributed by atoms with Gasteiger partial charge in [-0.2, -0.15) is 0 Å². The summed E-state index contributed by atoms with van der Waals surface area (Å²) >= 11 is 0. The number of benzene rings is 1. The van der Waals surface area contributed by atoms with Gasteiger partial charge in [0.15, 0.2) is 0 Å². The van der Waals surface area contributed by atoms with Crippen molar-refractivity contribution < 1.29 is 14.6 Å². The maximum Gasteiger partial charge on any atom is 0.314 e. The van der Waals surface area contributed by atoms with E-state index in [9.17, 15) is 9.90 Å². The minimum atomic E-state index is -0.924. The number of rotatable bonds is 6. The van der Waals surface area contributed by atoms with Gasteiger partial charge >= 0.3 is 5.97 Å². The zero-order valence-corrected chi connectivity index (χ0v) is 10.3. The smallest absolute Gasteiger partial charge is 0.314 e. The van der Waals surface area contributed by atoms with Crippen LogP contribution in [0.15, 0.2) is 36.9 Å². The van der Waals surface area contributed by atoms with Crippen LogP contribution < -0.4 is 4.74 Å². The van der Waals surface area contributed by atoms with E-state index >= 15 is 0 Å². The lowest BCUT2D eigenvalue weighted by atomic mass is 9.79. The number of ether oxygens (including phenoxy) is 1. The van der Waals surface area contributed by atoms with Crippen molar-refractivity contribution in [2.24, 2.45) is 0 Å². The SMILES string of the molecule is C=CC[C@@](C)(C(=O)O)c1ccc(OCC)cc1. The fourth-order valence-corrected chi connectivity index (χ4v) is 1.70. The first-order valence-corrected chi connectivity index (χ1v) is 5.62. The molecular formula is C14H18O3. The molecule has 0 spiro atoms. The second-order valence-corrected chi connectivity index (χ2v) is 4.09. The lowest BCUT2D eigenvalue weighted by Crippen LogP contribution is -2.31. The maximum absolute atomic E-state index is 11.3. The van der Waals surface area contributed by atoms with Crippen LogP contribution in [-0.4, -0.2) is 17.7 Å². The van der Waals surface area contributed by atoms with Crippen molar-refractivity contribution in [3.8, 4) is 5.75 Å². The predicted octanol–water partition coefficient (Wildman–Crippen LogP) is 3.00. The quantitative estimate of drug-likeness (QED) is 0.770. The number of carboxylic acid groups (broad SMARTS) is 1. The minimum absolute atomic E-state index is 0.399. The van der Waals surface area contributed by atoms with Crippen LogP contribution in [0.3, 0.4) is 0 Å². The van der Waals surface area contributed by atoms with Crippen LogP contribution >= 0.6 is 0 Å². The molecule has 1 aromatic carbocycles. The molecule has 3 heteroatoms. The Morgan fingerprint density at radius 3 is 2.47 bits per heavy atom. The third-order valence-corrected chi connectivity index (χ3v) is 2.83. The summed E-state index contributed by atoms with van der Waals surface area (Å²) in [5.41, 5.74) is -0.166. The average Bonchev–Trinajstić information content (AvgIpc) is 2.30. The van der Waals surface area contributed by atoms with Gasteiger partial charge in [0, 0.05) is 0 Å². The molecule has 0 aromatic heterocycles. The first kappa shape index (κ1) is 13.3. The van der Waals surface area contributed by atoms with Crippen LogP contribution in [0.4, 0.5) is 0 Å². The van der Waals surface area contributed by atoms with Gasteiger partial charge in [0.1, 0.15) is 5.75 Å². The van der Waals surface area contributed by atoms with E-state index in [1.165, 1.54) is 0 Å². The Kier molecular flexibility index (Phi) is 4.32. The van der Waals surface area contributed by atoms with Gasteiger partial charge in [0.05, 0.1) is 12.0 Å². The molecule has 0 saturated carbocycles.